The van der Waals surface area contributed by atoms with E-state index in [0.717, 1.165) is 36.8 Å². The van der Waals surface area contributed by atoms with Gasteiger partial charge in [-0.2, -0.15) is 0 Å². The number of piperazine rings is 1. The predicted octanol–water partition coefficient (Wildman–Crippen LogP) is 2.20. The maximum Gasteiger partial charge on any atom is 0.211 e. The van der Waals surface area contributed by atoms with Gasteiger partial charge in [0.1, 0.15) is 0 Å². The van der Waals surface area contributed by atoms with Crippen LogP contribution in [0, 0.1) is 0 Å². The van der Waals surface area contributed by atoms with Gasteiger partial charge in [-0.25, -0.2) is 9.98 Å². The van der Waals surface area contributed by atoms with Gasteiger partial charge in [0.05, 0.1) is 16.6 Å². The maximum atomic E-state index is 4.50. The first kappa shape index (κ1) is 11.6. The standard InChI is InChI=1S/C13H16N4S/c1-16-6-8-17(9-7-16)10-14-13-15-11-4-2-3-5-12(11)18-13/h2-5,10H,6-9H2,1H3. The molecule has 0 radical (unpaired) electrons. The van der Waals surface area contributed by atoms with Crippen LogP contribution in [0.25, 0.3) is 10.2 Å². The van der Waals surface area contributed by atoms with Crippen molar-refractivity contribution in [1.82, 2.24) is 14.8 Å². The zero-order valence-electron chi connectivity index (χ0n) is 10.4. The Morgan fingerprint density at radius 3 is 2.78 bits per heavy atom. The van der Waals surface area contributed by atoms with E-state index in [9.17, 15) is 0 Å². The molecule has 0 saturated carbocycles. The number of para-hydroxylation sites is 1. The van der Waals surface area contributed by atoms with Crippen molar-refractivity contribution >= 4 is 33.0 Å². The summed E-state index contributed by atoms with van der Waals surface area (Å²) in [5.41, 5.74) is 1.04. The van der Waals surface area contributed by atoms with Gasteiger partial charge in [-0.1, -0.05) is 23.5 Å². The van der Waals surface area contributed by atoms with Crippen LogP contribution in [0.2, 0.25) is 0 Å². The molecule has 1 aliphatic heterocycles. The molecule has 0 unspecified atom stereocenters. The smallest absolute Gasteiger partial charge is 0.211 e. The van der Waals surface area contributed by atoms with E-state index in [1.54, 1.807) is 11.3 Å². The van der Waals surface area contributed by atoms with Crippen LogP contribution in [0.5, 0.6) is 0 Å². The third-order valence-corrected chi connectivity index (χ3v) is 4.10. The van der Waals surface area contributed by atoms with Gasteiger partial charge in [0, 0.05) is 26.2 Å². The monoisotopic (exact) mass is 260 g/mol. The summed E-state index contributed by atoms with van der Waals surface area (Å²) in [5, 5.41) is 0.843. The average Bonchev–Trinajstić information content (AvgIpc) is 2.81. The van der Waals surface area contributed by atoms with E-state index in [-0.39, 0.29) is 0 Å². The van der Waals surface area contributed by atoms with Crippen LogP contribution < -0.4 is 0 Å². The minimum Gasteiger partial charge on any atom is -0.360 e. The van der Waals surface area contributed by atoms with Crippen LogP contribution in [-0.2, 0) is 0 Å². The van der Waals surface area contributed by atoms with Gasteiger partial charge in [0.25, 0.3) is 0 Å². The summed E-state index contributed by atoms with van der Waals surface area (Å²) in [6, 6.07) is 8.16. The van der Waals surface area contributed by atoms with Crippen molar-refractivity contribution in [1.29, 1.82) is 0 Å². The summed E-state index contributed by atoms with van der Waals surface area (Å²) in [6.45, 7) is 4.30. The minimum absolute atomic E-state index is 0.843. The van der Waals surface area contributed by atoms with E-state index in [0.29, 0.717) is 0 Å². The number of hydrogen-bond acceptors (Lipinski definition) is 4. The minimum atomic E-state index is 0.843. The Balaban J connectivity index is 1.71. The zero-order chi connectivity index (χ0) is 12.4. The van der Waals surface area contributed by atoms with Gasteiger partial charge >= 0.3 is 0 Å². The van der Waals surface area contributed by atoms with E-state index < -0.39 is 0 Å². The van der Waals surface area contributed by atoms with Crippen LogP contribution in [-0.4, -0.2) is 54.3 Å². The molecule has 3 rings (SSSR count). The van der Waals surface area contributed by atoms with E-state index in [2.05, 4.69) is 32.9 Å². The summed E-state index contributed by atoms with van der Waals surface area (Å²) in [5.74, 6) is 0. The highest BCUT2D eigenvalue weighted by molar-refractivity contribution is 7.22. The first-order valence-corrected chi connectivity index (χ1v) is 6.95. The number of hydrogen-bond donors (Lipinski definition) is 0. The molecular weight excluding hydrogens is 244 g/mol. The number of fused-ring (bicyclic) bond motifs is 1. The van der Waals surface area contributed by atoms with Gasteiger partial charge in [0.15, 0.2) is 0 Å². The quantitative estimate of drug-likeness (QED) is 0.613. The molecule has 0 spiro atoms. The van der Waals surface area contributed by atoms with Crippen molar-refractivity contribution in [3.8, 4) is 0 Å². The normalized spacial score (nSPS) is 17.9. The third kappa shape index (κ3) is 2.52. The Labute approximate surface area is 111 Å². The molecule has 0 aliphatic carbocycles. The van der Waals surface area contributed by atoms with Crippen LogP contribution in [0.1, 0.15) is 0 Å². The second-order valence-corrected chi connectivity index (χ2v) is 5.56. The molecule has 5 heteroatoms. The largest absolute Gasteiger partial charge is 0.360 e. The second-order valence-electron chi connectivity index (χ2n) is 4.55. The van der Waals surface area contributed by atoms with Gasteiger partial charge in [0.2, 0.25) is 5.13 Å². The van der Waals surface area contributed by atoms with E-state index in [1.807, 2.05) is 24.5 Å². The molecule has 1 fully saturated rings. The Morgan fingerprint density at radius 2 is 2.00 bits per heavy atom. The lowest BCUT2D eigenvalue weighted by atomic mass is 10.3. The fraction of sp³-hybridized carbons (Fsp3) is 0.385. The number of benzene rings is 1. The average molecular weight is 260 g/mol. The molecule has 1 saturated heterocycles. The Kier molecular flexibility index (Phi) is 3.25. The number of likely N-dealkylation sites (N-methyl/N-ethyl adjacent to an activating group) is 1. The Hall–Kier alpha value is -1.46. The molecule has 0 amide bonds. The van der Waals surface area contributed by atoms with Crippen LogP contribution in [0.4, 0.5) is 5.13 Å². The molecular formula is C13H16N4S. The molecule has 1 aromatic heterocycles. The topological polar surface area (TPSA) is 31.7 Å². The summed E-state index contributed by atoms with van der Waals surface area (Å²) in [4.78, 5) is 13.6. The Morgan fingerprint density at radius 1 is 1.22 bits per heavy atom. The van der Waals surface area contributed by atoms with Crippen molar-refractivity contribution in [3.63, 3.8) is 0 Å². The molecule has 1 aromatic carbocycles. The molecule has 0 N–H and O–H groups in total. The number of rotatable bonds is 2. The van der Waals surface area contributed by atoms with Crippen molar-refractivity contribution in [3.05, 3.63) is 24.3 Å². The zero-order valence-corrected chi connectivity index (χ0v) is 11.2. The maximum absolute atomic E-state index is 4.50. The highest BCUT2D eigenvalue weighted by atomic mass is 32.1. The van der Waals surface area contributed by atoms with Crippen molar-refractivity contribution in [2.45, 2.75) is 0 Å². The molecule has 2 heterocycles. The van der Waals surface area contributed by atoms with E-state index in [1.165, 1.54) is 4.70 Å². The van der Waals surface area contributed by atoms with Crippen molar-refractivity contribution in [2.75, 3.05) is 33.2 Å². The predicted molar refractivity (Wildman–Crippen MR) is 76.8 cm³/mol. The van der Waals surface area contributed by atoms with Gasteiger partial charge in [-0.15, -0.1) is 0 Å². The number of aromatic nitrogens is 1. The fourth-order valence-electron chi connectivity index (χ4n) is 1.98. The van der Waals surface area contributed by atoms with Crippen molar-refractivity contribution < 1.29 is 0 Å². The van der Waals surface area contributed by atoms with Crippen LogP contribution in [0.3, 0.4) is 0 Å². The SMILES string of the molecule is CN1CCN(C=Nc2nc3ccccc3s2)CC1. The highest BCUT2D eigenvalue weighted by Gasteiger charge is 2.10. The second kappa shape index (κ2) is 5.04. The van der Waals surface area contributed by atoms with Gasteiger partial charge in [-0.3, -0.25) is 0 Å². The van der Waals surface area contributed by atoms with E-state index >= 15 is 0 Å². The summed E-state index contributed by atoms with van der Waals surface area (Å²) in [7, 11) is 2.15. The fourth-order valence-corrected chi connectivity index (χ4v) is 2.79. The van der Waals surface area contributed by atoms with Gasteiger partial charge < -0.3 is 9.80 Å². The number of nitrogens with zero attached hydrogens (tertiary/aromatic N) is 4. The molecule has 2 aromatic rings. The number of thiazole rings is 1. The molecule has 4 nitrogen and oxygen atoms in total. The highest BCUT2D eigenvalue weighted by Crippen LogP contribution is 2.27. The van der Waals surface area contributed by atoms with E-state index in [4.69, 9.17) is 0 Å². The summed E-state index contributed by atoms with van der Waals surface area (Å²) < 4.78 is 1.20. The van der Waals surface area contributed by atoms with Crippen molar-refractivity contribution in [2.24, 2.45) is 4.99 Å². The molecule has 94 valence electrons. The molecule has 0 atom stereocenters. The van der Waals surface area contributed by atoms with Crippen LogP contribution >= 0.6 is 11.3 Å². The Bertz CT molecular complexity index is 522. The summed E-state index contributed by atoms with van der Waals surface area (Å²) >= 11 is 1.64. The van der Waals surface area contributed by atoms with Gasteiger partial charge in [-0.05, 0) is 19.2 Å². The molecule has 18 heavy (non-hydrogen) atoms. The number of aliphatic imine (C=N–C) groups is 1. The first-order chi connectivity index (χ1) is 8.81. The first-order valence-electron chi connectivity index (χ1n) is 6.13. The lowest BCUT2D eigenvalue weighted by molar-refractivity contribution is 0.219. The summed E-state index contributed by atoms with van der Waals surface area (Å²) in [6.07, 6.45) is 1.94. The lowest BCUT2D eigenvalue weighted by Crippen LogP contribution is -2.43. The van der Waals surface area contributed by atoms with Crippen LogP contribution in [0.15, 0.2) is 29.3 Å². The molecule has 1 aliphatic rings. The molecule has 0 bridgehead atoms. The third-order valence-electron chi connectivity index (χ3n) is 3.15. The lowest BCUT2D eigenvalue weighted by Gasteiger charge is -2.30.